The third-order valence-corrected chi connectivity index (χ3v) is 3.40. The largest absolute Gasteiger partial charge is 0.241 e. The van der Waals surface area contributed by atoms with Crippen LogP contribution in [0.2, 0.25) is 0 Å². The van der Waals surface area contributed by atoms with Crippen LogP contribution in [0.1, 0.15) is 13.8 Å². The molecule has 86 valence electrons. The average Bonchev–Trinajstić information content (AvgIpc) is 2.17. The molecule has 0 radical (unpaired) electrons. The van der Waals surface area contributed by atoms with E-state index in [2.05, 4.69) is 14.7 Å². The van der Waals surface area contributed by atoms with E-state index < -0.39 is 10.0 Å². The van der Waals surface area contributed by atoms with E-state index in [4.69, 9.17) is 5.53 Å². The van der Waals surface area contributed by atoms with E-state index >= 15 is 0 Å². The van der Waals surface area contributed by atoms with Crippen LogP contribution in [0.5, 0.6) is 0 Å². The summed E-state index contributed by atoms with van der Waals surface area (Å²) in [5.74, 6) is 0. The molecule has 7 heteroatoms. The zero-order valence-corrected chi connectivity index (χ0v) is 9.77. The van der Waals surface area contributed by atoms with Crippen LogP contribution in [-0.4, -0.2) is 14.5 Å². The summed E-state index contributed by atoms with van der Waals surface area (Å²) in [6.07, 6.45) is 0. The standard InChI is InChI=1S/C9H12N4O2S/c1-7(2)12-16(14,15)9-6-4-3-5-8(9)11-13-10/h3-7,12H,1-2H3. The van der Waals surface area contributed by atoms with Gasteiger partial charge in [-0.2, -0.15) is 0 Å². The molecule has 1 rings (SSSR count). The van der Waals surface area contributed by atoms with Gasteiger partial charge in [-0.15, -0.1) is 0 Å². The van der Waals surface area contributed by atoms with Crippen molar-refractivity contribution in [3.8, 4) is 0 Å². The van der Waals surface area contributed by atoms with Crippen molar-refractivity contribution in [1.82, 2.24) is 4.72 Å². The van der Waals surface area contributed by atoms with Gasteiger partial charge in [0.05, 0.1) is 10.6 Å². The van der Waals surface area contributed by atoms with Gasteiger partial charge in [-0.1, -0.05) is 23.3 Å². The molecule has 0 bridgehead atoms. The zero-order chi connectivity index (χ0) is 12.2. The van der Waals surface area contributed by atoms with E-state index in [9.17, 15) is 8.42 Å². The topological polar surface area (TPSA) is 94.9 Å². The number of nitrogens with zero attached hydrogens (tertiary/aromatic N) is 3. The Kier molecular flexibility index (Phi) is 3.89. The van der Waals surface area contributed by atoms with Gasteiger partial charge in [-0.25, -0.2) is 13.1 Å². The van der Waals surface area contributed by atoms with Crippen LogP contribution in [-0.2, 0) is 10.0 Å². The molecule has 6 nitrogen and oxygen atoms in total. The van der Waals surface area contributed by atoms with Crippen LogP contribution in [0.4, 0.5) is 5.69 Å². The number of benzene rings is 1. The number of nitrogens with one attached hydrogen (secondary N) is 1. The molecule has 0 aliphatic heterocycles. The second kappa shape index (κ2) is 4.98. The Morgan fingerprint density at radius 2 is 2.00 bits per heavy atom. The minimum Gasteiger partial charge on any atom is -0.209 e. The Morgan fingerprint density at radius 3 is 2.56 bits per heavy atom. The Morgan fingerprint density at radius 1 is 1.38 bits per heavy atom. The van der Waals surface area contributed by atoms with E-state index in [1.165, 1.54) is 12.1 Å². The number of azide groups is 1. The summed E-state index contributed by atoms with van der Waals surface area (Å²) in [6.45, 7) is 3.43. The van der Waals surface area contributed by atoms with E-state index in [-0.39, 0.29) is 16.6 Å². The second-order valence-electron chi connectivity index (χ2n) is 3.43. The first-order valence-corrected chi connectivity index (χ1v) is 6.12. The Bertz CT molecular complexity index is 518. The first-order valence-electron chi connectivity index (χ1n) is 4.64. The minimum absolute atomic E-state index is 0.0125. The molecule has 1 N–H and O–H groups in total. The van der Waals surface area contributed by atoms with E-state index in [1.807, 2.05) is 0 Å². The maximum atomic E-state index is 11.8. The molecule has 0 amide bonds. The van der Waals surface area contributed by atoms with Crippen molar-refractivity contribution in [1.29, 1.82) is 0 Å². The number of sulfonamides is 1. The van der Waals surface area contributed by atoms with Crippen LogP contribution < -0.4 is 4.72 Å². The fourth-order valence-electron chi connectivity index (χ4n) is 1.19. The molecular formula is C9H12N4O2S. The summed E-state index contributed by atoms with van der Waals surface area (Å²) in [4.78, 5) is 2.58. The lowest BCUT2D eigenvalue weighted by Gasteiger charge is -2.10. The molecule has 0 aromatic heterocycles. The lowest BCUT2D eigenvalue weighted by atomic mass is 10.3. The predicted octanol–water partition coefficient (Wildman–Crippen LogP) is 2.32. The summed E-state index contributed by atoms with van der Waals surface area (Å²) >= 11 is 0. The minimum atomic E-state index is -3.63. The maximum Gasteiger partial charge on any atom is 0.241 e. The number of hydrogen-bond donors (Lipinski definition) is 1. The van der Waals surface area contributed by atoms with Crippen LogP contribution in [0.25, 0.3) is 10.4 Å². The Labute approximate surface area is 94.0 Å². The number of rotatable bonds is 4. The predicted molar refractivity (Wildman–Crippen MR) is 60.7 cm³/mol. The highest BCUT2D eigenvalue weighted by molar-refractivity contribution is 7.89. The lowest BCUT2D eigenvalue weighted by Crippen LogP contribution is -2.30. The van der Waals surface area contributed by atoms with Crippen LogP contribution in [0, 0.1) is 0 Å². The van der Waals surface area contributed by atoms with Crippen molar-refractivity contribution in [3.63, 3.8) is 0 Å². The monoisotopic (exact) mass is 240 g/mol. The molecular weight excluding hydrogens is 228 g/mol. The van der Waals surface area contributed by atoms with Gasteiger partial charge >= 0.3 is 0 Å². The zero-order valence-electron chi connectivity index (χ0n) is 8.95. The molecule has 0 saturated heterocycles. The van der Waals surface area contributed by atoms with Crippen molar-refractivity contribution in [2.75, 3.05) is 0 Å². The van der Waals surface area contributed by atoms with Crippen molar-refractivity contribution >= 4 is 15.7 Å². The fourth-order valence-corrected chi connectivity index (χ4v) is 2.58. The summed E-state index contributed by atoms with van der Waals surface area (Å²) in [5.41, 5.74) is 8.43. The molecule has 16 heavy (non-hydrogen) atoms. The molecule has 0 aliphatic carbocycles. The van der Waals surface area contributed by atoms with Crippen LogP contribution in [0.15, 0.2) is 34.3 Å². The molecule has 0 heterocycles. The van der Waals surface area contributed by atoms with Gasteiger partial charge in [0.2, 0.25) is 10.0 Å². The molecule has 1 aromatic rings. The molecule has 0 atom stereocenters. The van der Waals surface area contributed by atoms with Crippen molar-refractivity contribution in [3.05, 3.63) is 34.7 Å². The molecule has 0 saturated carbocycles. The highest BCUT2D eigenvalue weighted by Gasteiger charge is 2.18. The van der Waals surface area contributed by atoms with E-state index in [1.54, 1.807) is 26.0 Å². The van der Waals surface area contributed by atoms with Crippen molar-refractivity contribution < 1.29 is 8.42 Å². The van der Waals surface area contributed by atoms with Gasteiger partial charge in [0.25, 0.3) is 0 Å². The molecule has 0 aliphatic rings. The van der Waals surface area contributed by atoms with Gasteiger partial charge in [0.15, 0.2) is 0 Å². The van der Waals surface area contributed by atoms with Gasteiger partial charge < -0.3 is 0 Å². The second-order valence-corrected chi connectivity index (χ2v) is 5.12. The van der Waals surface area contributed by atoms with Gasteiger partial charge in [0.1, 0.15) is 0 Å². The third kappa shape index (κ3) is 2.96. The summed E-state index contributed by atoms with van der Waals surface area (Å²) in [6, 6.07) is 5.82. The lowest BCUT2D eigenvalue weighted by molar-refractivity contribution is 0.570. The van der Waals surface area contributed by atoms with Crippen LogP contribution >= 0.6 is 0 Å². The fraction of sp³-hybridized carbons (Fsp3) is 0.333. The molecule has 0 unspecified atom stereocenters. The average molecular weight is 240 g/mol. The smallest absolute Gasteiger partial charge is 0.209 e. The van der Waals surface area contributed by atoms with Crippen LogP contribution in [0.3, 0.4) is 0 Å². The highest BCUT2D eigenvalue weighted by atomic mass is 32.2. The molecule has 0 fully saturated rings. The van der Waals surface area contributed by atoms with Gasteiger partial charge in [-0.3, -0.25) is 0 Å². The summed E-state index contributed by atoms with van der Waals surface area (Å²) in [7, 11) is -3.63. The third-order valence-electron chi connectivity index (χ3n) is 1.70. The van der Waals surface area contributed by atoms with E-state index in [0.717, 1.165) is 0 Å². The molecule has 0 spiro atoms. The quantitative estimate of drug-likeness (QED) is 0.496. The highest BCUT2D eigenvalue weighted by Crippen LogP contribution is 2.23. The van der Waals surface area contributed by atoms with Crippen molar-refractivity contribution in [2.24, 2.45) is 5.11 Å². The first-order chi connectivity index (χ1) is 7.47. The normalized spacial score (nSPS) is 11.2. The Balaban J connectivity index is 3.27. The maximum absolute atomic E-state index is 11.8. The molecule has 1 aromatic carbocycles. The SMILES string of the molecule is CC(C)NS(=O)(=O)c1ccccc1N=[N+]=[N-]. The van der Waals surface area contributed by atoms with Crippen molar-refractivity contribution in [2.45, 2.75) is 24.8 Å². The van der Waals surface area contributed by atoms with Gasteiger partial charge in [-0.05, 0) is 25.4 Å². The number of hydrogen-bond acceptors (Lipinski definition) is 3. The van der Waals surface area contributed by atoms with Gasteiger partial charge in [0, 0.05) is 11.0 Å². The van der Waals surface area contributed by atoms with E-state index in [0.29, 0.717) is 0 Å². The summed E-state index contributed by atoms with van der Waals surface area (Å²) < 4.78 is 26.1. The summed E-state index contributed by atoms with van der Waals surface area (Å²) in [5, 5.41) is 3.34. The Hall–Kier alpha value is -1.56. The first kappa shape index (κ1) is 12.5.